The molecule has 0 aliphatic carbocycles. The number of hydrazone groups is 1. The topological polar surface area (TPSA) is 133 Å². The van der Waals surface area contributed by atoms with Crippen LogP contribution >= 0.6 is 0 Å². The molecule has 0 aliphatic rings. The van der Waals surface area contributed by atoms with Gasteiger partial charge < -0.3 is 19.3 Å². The van der Waals surface area contributed by atoms with Crippen molar-refractivity contribution in [3.05, 3.63) is 51.6 Å². The molecule has 2 N–H and O–H groups in total. The number of nitrogens with one attached hydrogen (secondary N) is 1. The first-order chi connectivity index (χ1) is 12.9. The van der Waals surface area contributed by atoms with E-state index in [0.29, 0.717) is 11.5 Å². The van der Waals surface area contributed by atoms with E-state index < -0.39 is 22.3 Å². The average molecular weight is 375 g/mol. The second-order valence-corrected chi connectivity index (χ2v) is 5.15. The van der Waals surface area contributed by atoms with Crippen LogP contribution in [0.25, 0.3) is 0 Å². The van der Waals surface area contributed by atoms with Gasteiger partial charge in [0.25, 0.3) is 5.91 Å². The van der Waals surface area contributed by atoms with Crippen LogP contribution < -0.4 is 19.6 Å². The van der Waals surface area contributed by atoms with Gasteiger partial charge in [0.15, 0.2) is 5.75 Å². The zero-order chi connectivity index (χ0) is 20.0. The van der Waals surface area contributed by atoms with E-state index in [1.54, 1.807) is 6.07 Å². The summed E-state index contributed by atoms with van der Waals surface area (Å²) >= 11 is 0. The van der Waals surface area contributed by atoms with Gasteiger partial charge in [0, 0.05) is 23.3 Å². The Labute approximate surface area is 154 Å². The molecule has 0 aliphatic heterocycles. The summed E-state index contributed by atoms with van der Waals surface area (Å²) in [6.45, 7) is 0. The average Bonchev–Trinajstić information content (AvgIpc) is 2.67. The third-order valence-electron chi connectivity index (χ3n) is 3.49. The molecule has 0 heterocycles. The van der Waals surface area contributed by atoms with Gasteiger partial charge in [-0.2, -0.15) is 5.10 Å². The fourth-order valence-corrected chi connectivity index (χ4v) is 2.15. The summed E-state index contributed by atoms with van der Waals surface area (Å²) in [4.78, 5) is 22.4. The van der Waals surface area contributed by atoms with Gasteiger partial charge in [-0.05, 0) is 18.2 Å². The fourth-order valence-electron chi connectivity index (χ4n) is 2.15. The van der Waals surface area contributed by atoms with Crippen LogP contribution in [0.4, 0.5) is 5.69 Å². The molecule has 2 rings (SSSR count). The molecular formula is C17H17N3O7. The number of phenolic OH excluding ortho intramolecular Hbond substituents is 1. The third kappa shape index (κ3) is 4.63. The number of amides is 1. The summed E-state index contributed by atoms with van der Waals surface area (Å²) in [5.41, 5.74) is 2.25. The lowest BCUT2D eigenvalue weighted by Crippen LogP contribution is -2.17. The number of rotatable bonds is 7. The molecule has 2 aromatic carbocycles. The summed E-state index contributed by atoms with van der Waals surface area (Å²) in [6, 6.07) is 7.06. The van der Waals surface area contributed by atoms with E-state index in [0.717, 1.165) is 6.07 Å². The van der Waals surface area contributed by atoms with E-state index in [-0.39, 0.29) is 16.9 Å². The molecule has 0 unspecified atom stereocenters. The maximum absolute atomic E-state index is 12.2. The molecule has 0 radical (unpaired) electrons. The number of nitro groups is 1. The summed E-state index contributed by atoms with van der Waals surface area (Å²) in [5, 5.41) is 24.5. The van der Waals surface area contributed by atoms with Crippen molar-refractivity contribution in [1.29, 1.82) is 0 Å². The van der Waals surface area contributed by atoms with Crippen LogP contribution in [0, 0.1) is 10.1 Å². The quantitative estimate of drug-likeness (QED) is 0.430. The Hall–Kier alpha value is -3.82. The molecule has 10 nitrogen and oxygen atoms in total. The first kappa shape index (κ1) is 19.5. The van der Waals surface area contributed by atoms with E-state index in [4.69, 9.17) is 14.2 Å². The number of hydrogen-bond donors (Lipinski definition) is 2. The van der Waals surface area contributed by atoms with Crippen LogP contribution in [0.5, 0.6) is 23.0 Å². The minimum atomic E-state index is -0.754. The highest BCUT2D eigenvalue weighted by Gasteiger charge is 2.19. The van der Waals surface area contributed by atoms with Crippen LogP contribution in [-0.2, 0) is 0 Å². The van der Waals surface area contributed by atoms with Crippen LogP contribution in [0.1, 0.15) is 15.9 Å². The van der Waals surface area contributed by atoms with Crippen molar-refractivity contribution in [2.24, 2.45) is 5.10 Å². The molecule has 2 aromatic rings. The first-order valence-electron chi connectivity index (χ1n) is 7.51. The number of nitro benzene ring substituents is 1. The molecule has 0 atom stereocenters. The van der Waals surface area contributed by atoms with Crippen molar-refractivity contribution in [3.8, 4) is 23.0 Å². The van der Waals surface area contributed by atoms with E-state index in [9.17, 15) is 20.0 Å². The maximum Gasteiger partial charge on any atom is 0.315 e. The number of ether oxygens (including phenoxy) is 3. The number of carbonyl (C=O) groups is 1. The number of methoxy groups -OCH3 is 3. The predicted molar refractivity (Wildman–Crippen MR) is 95.9 cm³/mol. The van der Waals surface area contributed by atoms with Gasteiger partial charge in [0.05, 0.1) is 32.5 Å². The number of nitrogens with zero attached hydrogens (tertiary/aromatic N) is 2. The molecule has 0 saturated carbocycles. The fraction of sp³-hybridized carbons (Fsp3) is 0.176. The molecule has 0 saturated heterocycles. The highest BCUT2D eigenvalue weighted by atomic mass is 16.6. The zero-order valence-corrected chi connectivity index (χ0v) is 14.8. The van der Waals surface area contributed by atoms with E-state index in [1.165, 1.54) is 45.7 Å². The summed E-state index contributed by atoms with van der Waals surface area (Å²) in [6.07, 6.45) is 1.18. The van der Waals surface area contributed by atoms with Crippen molar-refractivity contribution < 1.29 is 29.0 Å². The summed E-state index contributed by atoms with van der Waals surface area (Å²) < 4.78 is 15.1. The molecule has 142 valence electrons. The second kappa shape index (κ2) is 8.52. The largest absolute Gasteiger partial charge is 0.500 e. The van der Waals surface area contributed by atoms with Crippen molar-refractivity contribution in [2.45, 2.75) is 0 Å². The maximum atomic E-state index is 12.2. The Morgan fingerprint density at radius 3 is 2.26 bits per heavy atom. The number of carbonyl (C=O) groups excluding carboxylic acids is 1. The van der Waals surface area contributed by atoms with Crippen LogP contribution in [0.2, 0.25) is 0 Å². The first-order valence-corrected chi connectivity index (χ1v) is 7.51. The van der Waals surface area contributed by atoms with Gasteiger partial charge in [0.1, 0.15) is 11.5 Å². The van der Waals surface area contributed by atoms with Gasteiger partial charge in [0.2, 0.25) is 5.75 Å². The number of benzene rings is 2. The van der Waals surface area contributed by atoms with Crippen molar-refractivity contribution in [3.63, 3.8) is 0 Å². The van der Waals surface area contributed by atoms with E-state index >= 15 is 0 Å². The number of aromatic hydroxyl groups is 1. The lowest BCUT2D eigenvalue weighted by atomic mass is 10.2. The molecule has 10 heteroatoms. The Kier molecular flexibility index (Phi) is 6.15. The van der Waals surface area contributed by atoms with Gasteiger partial charge in [-0.1, -0.05) is 0 Å². The molecule has 0 spiro atoms. The molecular weight excluding hydrogens is 358 g/mol. The Morgan fingerprint density at radius 1 is 1.11 bits per heavy atom. The normalized spacial score (nSPS) is 10.5. The van der Waals surface area contributed by atoms with Crippen LogP contribution in [0.15, 0.2) is 35.4 Å². The van der Waals surface area contributed by atoms with Gasteiger partial charge in [-0.3, -0.25) is 14.9 Å². The van der Waals surface area contributed by atoms with Crippen molar-refractivity contribution >= 4 is 17.8 Å². The third-order valence-corrected chi connectivity index (χ3v) is 3.49. The zero-order valence-electron chi connectivity index (χ0n) is 14.8. The summed E-state index contributed by atoms with van der Waals surface area (Å²) in [7, 11) is 4.18. The van der Waals surface area contributed by atoms with E-state index in [2.05, 4.69) is 10.5 Å². The highest BCUT2D eigenvalue weighted by Crippen LogP contribution is 2.36. The molecule has 0 aromatic heterocycles. The lowest BCUT2D eigenvalue weighted by Gasteiger charge is -2.07. The van der Waals surface area contributed by atoms with Crippen LogP contribution in [-0.4, -0.2) is 43.5 Å². The SMILES string of the molecule is COc1cc(OC)cc(C(=O)N/N=C/c2cc(OC)c(O)c([N+](=O)[O-])c2)c1. The summed E-state index contributed by atoms with van der Waals surface area (Å²) in [5.74, 6) is -0.352. The predicted octanol–water partition coefficient (Wildman–Crippen LogP) is 2.09. The van der Waals surface area contributed by atoms with Crippen molar-refractivity contribution in [2.75, 3.05) is 21.3 Å². The second-order valence-electron chi connectivity index (χ2n) is 5.15. The Bertz CT molecular complexity index is 874. The van der Waals surface area contributed by atoms with Gasteiger partial charge >= 0.3 is 5.69 Å². The highest BCUT2D eigenvalue weighted by molar-refractivity contribution is 5.95. The van der Waals surface area contributed by atoms with Crippen molar-refractivity contribution in [1.82, 2.24) is 5.43 Å². The molecule has 1 amide bonds. The monoisotopic (exact) mass is 375 g/mol. The Balaban J connectivity index is 2.21. The minimum absolute atomic E-state index is 0.0884. The van der Waals surface area contributed by atoms with Crippen LogP contribution in [0.3, 0.4) is 0 Å². The van der Waals surface area contributed by atoms with Gasteiger partial charge in [-0.15, -0.1) is 0 Å². The molecule has 27 heavy (non-hydrogen) atoms. The minimum Gasteiger partial charge on any atom is -0.500 e. The Morgan fingerprint density at radius 2 is 1.74 bits per heavy atom. The number of phenols is 1. The smallest absolute Gasteiger partial charge is 0.315 e. The number of hydrogen-bond acceptors (Lipinski definition) is 8. The lowest BCUT2D eigenvalue weighted by molar-refractivity contribution is -0.386. The molecule has 0 fully saturated rings. The molecule has 0 bridgehead atoms. The standard InChI is InChI=1S/C17H17N3O7/c1-25-12-6-11(7-13(8-12)26-2)17(22)19-18-9-10-4-14(20(23)24)16(21)15(5-10)27-3/h4-9,21H,1-3H3,(H,19,22)/b18-9+. The van der Waals surface area contributed by atoms with E-state index in [1.807, 2.05) is 0 Å². The van der Waals surface area contributed by atoms with Gasteiger partial charge in [-0.25, -0.2) is 5.43 Å².